The van der Waals surface area contributed by atoms with E-state index in [9.17, 15) is 4.79 Å². The van der Waals surface area contributed by atoms with E-state index < -0.39 is 0 Å². The lowest BCUT2D eigenvalue weighted by molar-refractivity contribution is -0.127. The predicted molar refractivity (Wildman–Crippen MR) is 42.4 cm³/mol. The lowest BCUT2D eigenvalue weighted by Crippen LogP contribution is -2.43. The van der Waals surface area contributed by atoms with Crippen molar-refractivity contribution in [2.24, 2.45) is 0 Å². The van der Waals surface area contributed by atoms with Crippen LogP contribution in [0.1, 0.15) is 6.92 Å². The number of nitrogens with one attached hydrogen (secondary N) is 1. The molecule has 0 aliphatic carbocycles. The number of carbonyl (C=O) groups is 1. The summed E-state index contributed by atoms with van der Waals surface area (Å²) in [7, 11) is 0. The smallest absolute Gasteiger partial charge is 0.187 e. The topological polar surface area (TPSA) is 38.3 Å². The van der Waals surface area contributed by atoms with Gasteiger partial charge in [0.1, 0.15) is 6.10 Å². The highest BCUT2D eigenvalue weighted by atomic mass is 16.5. The largest absolute Gasteiger partial charge is 0.367 e. The number of Topliss-reactive ketones (excluding diaryl/α,β-unsaturated/α-hetero) is 1. The Morgan fingerprint density at radius 3 is 2.91 bits per heavy atom. The van der Waals surface area contributed by atoms with Gasteiger partial charge in [-0.05, 0) is 12.5 Å². The Morgan fingerprint density at radius 1 is 1.73 bits per heavy atom. The first-order valence-corrected chi connectivity index (χ1v) is 3.74. The van der Waals surface area contributed by atoms with E-state index in [2.05, 4.69) is 11.9 Å². The molecule has 1 N–H and O–H groups in total. The van der Waals surface area contributed by atoms with Gasteiger partial charge in [-0.3, -0.25) is 4.79 Å². The molecule has 1 rings (SSSR count). The van der Waals surface area contributed by atoms with E-state index in [-0.39, 0.29) is 11.9 Å². The fourth-order valence-corrected chi connectivity index (χ4v) is 1.01. The van der Waals surface area contributed by atoms with Crippen molar-refractivity contribution in [3.05, 3.63) is 12.2 Å². The third-order valence-corrected chi connectivity index (χ3v) is 1.64. The van der Waals surface area contributed by atoms with Crippen LogP contribution in [0.4, 0.5) is 0 Å². The molecular formula is C8H13NO2. The molecule has 0 amide bonds. The molecule has 3 heteroatoms. The monoisotopic (exact) mass is 155 g/mol. The number of hydrogen-bond donors (Lipinski definition) is 1. The molecular weight excluding hydrogens is 142 g/mol. The Morgan fingerprint density at radius 2 is 2.45 bits per heavy atom. The van der Waals surface area contributed by atoms with Gasteiger partial charge in [0.05, 0.1) is 6.61 Å². The highest BCUT2D eigenvalue weighted by Crippen LogP contribution is 2.02. The standard InChI is InChI=1S/C8H13NO2/c1-6(2)8(10)7-5-9-3-4-11-7/h7,9H,1,3-5H2,2H3. The van der Waals surface area contributed by atoms with Crippen LogP contribution in [0.2, 0.25) is 0 Å². The second-order valence-electron chi connectivity index (χ2n) is 2.71. The first kappa shape index (κ1) is 8.43. The third kappa shape index (κ3) is 2.13. The van der Waals surface area contributed by atoms with Gasteiger partial charge in [0.2, 0.25) is 0 Å². The Balaban J connectivity index is 2.45. The summed E-state index contributed by atoms with van der Waals surface area (Å²) in [5, 5.41) is 3.08. The van der Waals surface area contributed by atoms with Crippen LogP contribution in [0.5, 0.6) is 0 Å². The second-order valence-corrected chi connectivity index (χ2v) is 2.71. The van der Waals surface area contributed by atoms with Gasteiger partial charge in [-0.15, -0.1) is 0 Å². The maximum absolute atomic E-state index is 11.2. The van der Waals surface area contributed by atoms with E-state index >= 15 is 0 Å². The molecule has 1 aliphatic heterocycles. The van der Waals surface area contributed by atoms with E-state index in [0.717, 1.165) is 6.54 Å². The van der Waals surface area contributed by atoms with E-state index in [4.69, 9.17) is 4.74 Å². The third-order valence-electron chi connectivity index (χ3n) is 1.64. The summed E-state index contributed by atoms with van der Waals surface area (Å²) in [5.41, 5.74) is 0.568. The SMILES string of the molecule is C=C(C)C(=O)C1CNCCO1. The van der Waals surface area contributed by atoms with E-state index in [1.807, 2.05) is 0 Å². The predicted octanol–water partition coefficient (Wildman–Crippen LogP) is 0.120. The molecule has 0 aromatic rings. The van der Waals surface area contributed by atoms with Crippen molar-refractivity contribution >= 4 is 5.78 Å². The lowest BCUT2D eigenvalue weighted by atomic mass is 10.1. The number of ketones is 1. The zero-order valence-corrected chi connectivity index (χ0v) is 6.72. The van der Waals surface area contributed by atoms with Crippen LogP contribution in [-0.2, 0) is 9.53 Å². The zero-order chi connectivity index (χ0) is 8.27. The van der Waals surface area contributed by atoms with Gasteiger partial charge in [-0.2, -0.15) is 0 Å². The van der Waals surface area contributed by atoms with Crippen LogP contribution in [0.3, 0.4) is 0 Å². The molecule has 0 bridgehead atoms. The average Bonchev–Trinajstić information content (AvgIpc) is 2.05. The van der Waals surface area contributed by atoms with E-state index in [1.54, 1.807) is 6.92 Å². The summed E-state index contributed by atoms with van der Waals surface area (Å²) in [6.07, 6.45) is -0.304. The highest BCUT2D eigenvalue weighted by Gasteiger charge is 2.21. The molecule has 1 saturated heterocycles. The van der Waals surface area contributed by atoms with Crippen molar-refractivity contribution in [2.75, 3.05) is 19.7 Å². The van der Waals surface area contributed by atoms with Gasteiger partial charge >= 0.3 is 0 Å². The summed E-state index contributed by atoms with van der Waals surface area (Å²) >= 11 is 0. The van der Waals surface area contributed by atoms with Crippen molar-refractivity contribution in [1.82, 2.24) is 5.32 Å². The molecule has 1 heterocycles. The first-order chi connectivity index (χ1) is 5.22. The second kappa shape index (κ2) is 3.64. The molecule has 3 nitrogen and oxygen atoms in total. The Hall–Kier alpha value is -0.670. The number of morpholine rings is 1. The Labute approximate surface area is 66.4 Å². The van der Waals surface area contributed by atoms with E-state index in [1.165, 1.54) is 0 Å². The minimum Gasteiger partial charge on any atom is -0.367 e. The summed E-state index contributed by atoms with van der Waals surface area (Å²) in [4.78, 5) is 11.2. The van der Waals surface area contributed by atoms with Gasteiger partial charge in [0.15, 0.2) is 5.78 Å². The maximum Gasteiger partial charge on any atom is 0.187 e. The van der Waals surface area contributed by atoms with Gasteiger partial charge in [-0.1, -0.05) is 6.58 Å². The molecule has 0 aromatic carbocycles. The van der Waals surface area contributed by atoms with Crippen LogP contribution in [0.25, 0.3) is 0 Å². The zero-order valence-electron chi connectivity index (χ0n) is 6.72. The molecule has 11 heavy (non-hydrogen) atoms. The summed E-state index contributed by atoms with van der Waals surface area (Å²) < 4.78 is 5.23. The van der Waals surface area contributed by atoms with Gasteiger partial charge < -0.3 is 10.1 Å². The number of carbonyl (C=O) groups excluding carboxylic acids is 1. The molecule has 0 radical (unpaired) electrons. The van der Waals surface area contributed by atoms with E-state index in [0.29, 0.717) is 18.7 Å². The van der Waals surface area contributed by atoms with Crippen LogP contribution in [0, 0.1) is 0 Å². The fourth-order valence-electron chi connectivity index (χ4n) is 1.01. The number of ether oxygens (including phenoxy) is 1. The average molecular weight is 155 g/mol. The van der Waals surface area contributed by atoms with Crippen molar-refractivity contribution < 1.29 is 9.53 Å². The summed E-state index contributed by atoms with van der Waals surface area (Å²) in [6.45, 7) is 7.35. The summed E-state index contributed by atoms with van der Waals surface area (Å²) in [6, 6.07) is 0. The molecule has 0 spiro atoms. The van der Waals surface area contributed by atoms with Gasteiger partial charge in [-0.25, -0.2) is 0 Å². The van der Waals surface area contributed by atoms with Gasteiger partial charge in [0.25, 0.3) is 0 Å². The maximum atomic E-state index is 11.2. The molecule has 0 saturated carbocycles. The number of rotatable bonds is 2. The Kier molecular flexibility index (Phi) is 2.79. The van der Waals surface area contributed by atoms with Crippen molar-refractivity contribution in [3.8, 4) is 0 Å². The quantitative estimate of drug-likeness (QED) is 0.576. The van der Waals surface area contributed by atoms with Crippen molar-refractivity contribution in [3.63, 3.8) is 0 Å². The Bertz CT molecular complexity index is 171. The van der Waals surface area contributed by atoms with Crippen LogP contribution in [0.15, 0.2) is 12.2 Å². The highest BCUT2D eigenvalue weighted by molar-refractivity contribution is 5.97. The molecule has 62 valence electrons. The molecule has 1 aliphatic rings. The van der Waals surface area contributed by atoms with Crippen LogP contribution >= 0.6 is 0 Å². The van der Waals surface area contributed by atoms with Crippen molar-refractivity contribution in [1.29, 1.82) is 0 Å². The molecule has 0 aromatic heterocycles. The molecule has 1 atom stereocenters. The number of hydrogen-bond acceptors (Lipinski definition) is 3. The minimum atomic E-state index is -0.304. The minimum absolute atomic E-state index is 0.0113. The van der Waals surface area contributed by atoms with Gasteiger partial charge in [0, 0.05) is 13.1 Å². The lowest BCUT2D eigenvalue weighted by Gasteiger charge is -2.22. The molecule has 1 unspecified atom stereocenters. The van der Waals surface area contributed by atoms with Crippen molar-refractivity contribution in [2.45, 2.75) is 13.0 Å². The molecule has 1 fully saturated rings. The normalized spacial score (nSPS) is 24.6. The van der Waals surface area contributed by atoms with Crippen LogP contribution in [-0.4, -0.2) is 31.6 Å². The summed E-state index contributed by atoms with van der Waals surface area (Å²) in [5.74, 6) is 0.0113. The van der Waals surface area contributed by atoms with Crippen LogP contribution < -0.4 is 5.32 Å². The fraction of sp³-hybridized carbons (Fsp3) is 0.625. The first-order valence-electron chi connectivity index (χ1n) is 3.74.